The zero-order chi connectivity index (χ0) is 29.0. The molecule has 0 unspecified atom stereocenters. The number of amides is 2. The molecule has 0 bridgehead atoms. The van der Waals surface area contributed by atoms with Gasteiger partial charge in [-0.05, 0) is 71.6 Å². The molecule has 0 aromatic heterocycles. The van der Waals surface area contributed by atoms with E-state index in [-0.39, 0.29) is 37.4 Å². The van der Waals surface area contributed by atoms with Crippen molar-refractivity contribution in [3.05, 3.63) is 89.5 Å². The third-order valence-corrected chi connectivity index (χ3v) is 6.99. The average Bonchev–Trinajstić information content (AvgIpc) is 2.86. The zero-order valence-electron chi connectivity index (χ0n) is 22.0. The molecular weight excluding hydrogens is 524 g/mol. The van der Waals surface area contributed by atoms with Gasteiger partial charge >= 0.3 is 11.9 Å². The van der Waals surface area contributed by atoms with Crippen molar-refractivity contribution in [2.24, 2.45) is 0 Å². The van der Waals surface area contributed by atoms with Crippen LogP contribution in [0.1, 0.15) is 60.9 Å². The van der Waals surface area contributed by atoms with Crippen LogP contribution in [-0.4, -0.2) is 36.6 Å². The minimum absolute atomic E-state index is 0.00666. The number of hydrogen-bond donors (Lipinski definition) is 1. The number of nitrogens with zero attached hydrogens (tertiary/aromatic N) is 1. The predicted molar refractivity (Wildman–Crippen MR) is 141 cm³/mol. The van der Waals surface area contributed by atoms with Gasteiger partial charge < -0.3 is 9.47 Å². The molecule has 39 heavy (non-hydrogen) atoms. The Hall–Kier alpha value is -4.51. The Morgan fingerprint density at radius 3 is 1.54 bits per heavy atom. The molecule has 0 saturated heterocycles. The van der Waals surface area contributed by atoms with E-state index in [2.05, 4.69) is 5.43 Å². The van der Waals surface area contributed by atoms with Crippen molar-refractivity contribution in [3.8, 4) is 11.5 Å². The monoisotopic (exact) mass is 552 g/mol. The summed E-state index contributed by atoms with van der Waals surface area (Å²) in [6.07, 6.45) is 0. The van der Waals surface area contributed by atoms with E-state index >= 15 is 0 Å². The first kappa shape index (κ1) is 29.1. The Morgan fingerprint density at radius 2 is 1.13 bits per heavy atom. The second-order valence-corrected chi connectivity index (χ2v) is 11.3. The molecule has 3 aromatic rings. The SMILES string of the molecule is CC(=O)Oc1ccc(C(=O)NN(C(=O)c2ccc(OC(C)=O)cc2)S(=O)(=O)c2ccc(C(C)(C)C)cc2)cc1. The second-order valence-electron chi connectivity index (χ2n) is 9.53. The summed E-state index contributed by atoms with van der Waals surface area (Å²) >= 11 is 0. The summed E-state index contributed by atoms with van der Waals surface area (Å²) in [5, 5.41) is 0. The molecule has 3 rings (SSSR count). The maximum absolute atomic E-state index is 13.6. The second kappa shape index (κ2) is 11.5. The van der Waals surface area contributed by atoms with Crippen molar-refractivity contribution in [2.75, 3.05) is 0 Å². The maximum atomic E-state index is 13.6. The average molecular weight is 553 g/mol. The maximum Gasteiger partial charge on any atom is 0.308 e. The molecule has 0 aliphatic carbocycles. The fraction of sp³-hybridized carbons (Fsp3) is 0.214. The van der Waals surface area contributed by atoms with Crippen LogP contribution in [0.3, 0.4) is 0 Å². The van der Waals surface area contributed by atoms with Crippen molar-refractivity contribution < 1.29 is 37.1 Å². The highest BCUT2D eigenvalue weighted by atomic mass is 32.2. The molecule has 0 radical (unpaired) electrons. The van der Waals surface area contributed by atoms with Crippen LogP contribution in [0.2, 0.25) is 0 Å². The van der Waals surface area contributed by atoms with Crippen LogP contribution < -0.4 is 14.9 Å². The molecule has 11 heteroatoms. The van der Waals surface area contributed by atoms with Gasteiger partial charge in [0.05, 0.1) is 4.90 Å². The molecule has 0 aliphatic rings. The van der Waals surface area contributed by atoms with Crippen LogP contribution in [0, 0.1) is 0 Å². The lowest BCUT2D eigenvalue weighted by atomic mass is 9.87. The van der Waals surface area contributed by atoms with E-state index in [1.54, 1.807) is 12.1 Å². The van der Waals surface area contributed by atoms with E-state index in [0.29, 0.717) is 0 Å². The van der Waals surface area contributed by atoms with Gasteiger partial charge in [-0.15, -0.1) is 4.41 Å². The van der Waals surface area contributed by atoms with Gasteiger partial charge in [-0.2, -0.15) is 8.42 Å². The van der Waals surface area contributed by atoms with Gasteiger partial charge in [0.2, 0.25) is 0 Å². The van der Waals surface area contributed by atoms with Crippen LogP contribution in [0.15, 0.2) is 77.7 Å². The Labute approximate surface area is 226 Å². The topological polar surface area (TPSA) is 136 Å². The number of rotatable bonds is 6. The molecule has 10 nitrogen and oxygen atoms in total. The van der Waals surface area contributed by atoms with E-state index < -0.39 is 33.8 Å². The van der Waals surface area contributed by atoms with Gasteiger partial charge in [0.15, 0.2) is 0 Å². The Kier molecular flexibility index (Phi) is 8.55. The molecule has 0 aliphatic heterocycles. The number of hydrogen-bond acceptors (Lipinski definition) is 8. The molecule has 1 N–H and O–H groups in total. The smallest absolute Gasteiger partial charge is 0.308 e. The molecule has 3 aromatic carbocycles. The van der Waals surface area contributed by atoms with E-state index in [1.165, 1.54) is 74.5 Å². The fourth-order valence-corrected chi connectivity index (χ4v) is 4.62. The molecular formula is C28H28N2O8S. The lowest BCUT2D eigenvalue weighted by Gasteiger charge is -2.24. The minimum Gasteiger partial charge on any atom is -0.427 e. The molecule has 204 valence electrons. The number of ether oxygens (including phenoxy) is 2. The van der Waals surface area contributed by atoms with Gasteiger partial charge in [-0.3, -0.25) is 19.2 Å². The van der Waals surface area contributed by atoms with E-state index in [9.17, 15) is 27.6 Å². The first-order valence-electron chi connectivity index (χ1n) is 11.8. The summed E-state index contributed by atoms with van der Waals surface area (Å²) in [7, 11) is -4.57. The van der Waals surface area contributed by atoms with E-state index in [4.69, 9.17) is 9.47 Å². The standard InChI is InChI=1S/C28H28N2O8S/c1-18(31)37-23-12-6-20(7-13-23)26(33)29-30(27(34)21-8-14-24(15-9-21)38-19(2)32)39(35,36)25-16-10-22(11-17-25)28(3,4)5/h6-17H,1-5H3,(H,29,33). The van der Waals surface area contributed by atoms with Gasteiger partial charge in [0.25, 0.3) is 21.8 Å². The van der Waals surface area contributed by atoms with Crippen LogP contribution in [0.5, 0.6) is 11.5 Å². The number of carbonyl (C=O) groups is 4. The molecule has 0 spiro atoms. The molecule has 0 heterocycles. The first-order valence-corrected chi connectivity index (χ1v) is 13.2. The van der Waals surface area contributed by atoms with Crippen molar-refractivity contribution in [1.29, 1.82) is 0 Å². The van der Waals surface area contributed by atoms with Crippen LogP contribution in [-0.2, 0) is 25.0 Å². The quantitative estimate of drug-likeness (QED) is 0.275. The lowest BCUT2D eigenvalue weighted by Crippen LogP contribution is -2.49. The first-order chi connectivity index (χ1) is 18.2. The van der Waals surface area contributed by atoms with Gasteiger partial charge in [0, 0.05) is 25.0 Å². The molecule has 0 saturated carbocycles. The van der Waals surface area contributed by atoms with Crippen molar-refractivity contribution in [2.45, 2.75) is 44.9 Å². The van der Waals surface area contributed by atoms with Gasteiger partial charge in [-0.25, -0.2) is 5.43 Å². The van der Waals surface area contributed by atoms with E-state index in [0.717, 1.165) is 5.56 Å². The summed E-state index contributed by atoms with van der Waals surface area (Å²) in [5.41, 5.74) is 2.73. The molecule has 0 atom stereocenters. The number of carbonyl (C=O) groups excluding carboxylic acids is 4. The Bertz CT molecular complexity index is 1490. The van der Waals surface area contributed by atoms with E-state index in [1.807, 2.05) is 20.8 Å². The lowest BCUT2D eigenvalue weighted by molar-refractivity contribution is -0.132. The summed E-state index contributed by atoms with van der Waals surface area (Å²) in [5.74, 6) is -2.72. The van der Waals surface area contributed by atoms with Crippen LogP contribution in [0.4, 0.5) is 0 Å². The zero-order valence-corrected chi connectivity index (χ0v) is 22.9. The highest BCUT2D eigenvalue weighted by Gasteiger charge is 2.33. The van der Waals surface area contributed by atoms with Gasteiger partial charge in [-0.1, -0.05) is 32.9 Å². The van der Waals surface area contributed by atoms with Crippen LogP contribution in [0.25, 0.3) is 0 Å². The van der Waals surface area contributed by atoms with Crippen molar-refractivity contribution in [1.82, 2.24) is 9.84 Å². The highest BCUT2D eigenvalue weighted by Crippen LogP contribution is 2.25. The normalized spacial score (nSPS) is 11.3. The third-order valence-electron chi connectivity index (χ3n) is 5.39. The van der Waals surface area contributed by atoms with Gasteiger partial charge in [0.1, 0.15) is 11.5 Å². The molecule has 2 amide bonds. The number of nitrogens with one attached hydrogen (secondary N) is 1. The summed E-state index contributed by atoms with van der Waals surface area (Å²) in [6, 6.07) is 16.5. The predicted octanol–water partition coefficient (Wildman–Crippen LogP) is 4.01. The number of benzene rings is 3. The Balaban J connectivity index is 1.99. The number of sulfonamides is 1. The Morgan fingerprint density at radius 1 is 0.692 bits per heavy atom. The van der Waals surface area contributed by atoms with Crippen molar-refractivity contribution in [3.63, 3.8) is 0 Å². The fourth-order valence-electron chi connectivity index (χ4n) is 3.40. The summed E-state index contributed by atoms with van der Waals surface area (Å²) in [6.45, 7) is 8.35. The molecule has 0 fully saturated rings. The summed E-state index contributed by atoms with van der Waals surface area (Å²) in [4.78, 5) is 48.6. The largest absolute Gasteiger partial charge is 0.427 e. The third kappa shape index (κ3) is 7.29. The van der Waals surface area contributed by atoms with Crippen molar-refractivity contribution >= 4 is 33.8 Å². The van der Waals surface area contributed by atoms with Crippen LogP contribution >= 0.6 is 0 Å². The number of esters is 2. The number of hydrazine groups is 1. The minimum atomic E-state index is -4.57. The summed E-state index contributed by atoms with van der Waals surface area (Å²) < 4.78 is 37.4. The highest BCUT2D eigenvalue weighted by molar-refractivity contribution is 7.89.